The Hall–Kier alpha value is -1.27. The summed E-state index contributed by atoms with van der Waals surface area (Å²) in [4.78, 5) is 4.11. The van der Waals surface area contributed by atoms with E-state index in [0.717, 1.165) is 25.1 Å². The molecule has 0 unspecified atom stereocenters. The summed E-state index contributed by atoms with van der Waals surface area (Å²) in [5.41, 5.74) is 0.805. The Balaban J connectivity index is 2.46. The van der Waals surface area contributed by atoms with Gasteiger partial charge >= 0.3 is 0 Å². The molecule has 0 saturated heterocycles. The quantitative estimate of drug-likeness (QED) is 0.554. The first kappa shape index (κ1) is 9.82. The van der Waals surface area contributed by atoms with Crippen LogP contribution in [-0.4, -0.2) is 21.3 Å². The van der Waals surface area contributed by atoms with Crippen molar-refractivity contribution in [1.29, 1.82) is 0 Å². The number of aryl methyl sites for hydroxylation is 1. The predicted molar refractivity (Wildman–Crippen MR) is 51.1 cm³/mol. The Bertz CT molecular complexity index is 306. The number of imidazole rings is 1. The monoisotopic (exact) mass is 178 g/mol. The lowest BCUT2D eigenvalue weighted by atomic mass is 10.3. The number of nitrogens with zero attached hydrogens (tertiary/aromatic N) is 2. The highest BCUT2D eigenvalue weighted by molar-refractivity contribution is 5.24. The van der Waals surface area contributed by atoms with E-state index in [1.54, 1.807) is 6.33 Å². The zero-order valence-electron chi connectivity index (χ0n) is 7.82. The van der Waals surface area contributed by atoms with Crippen LogP contribution in [0.15, 0.2) is 12.5 Å². The van der Waals surface area contributed by atoms with Gasteiger partial charge in [0.25, 0.3) is 0 Å². The third kappa shape index (κ3) is 3.30. The highest BCUT2D eigenvalue weighted by atomic mass is 16.2. The van der Waals surface area contributed by atoms with E-state index in [2.05, 4.69) is 23.7 Å². The molecule has 0 aliphatic rings. The fourth-order valence-corrected chi connectivity index (χ4v) is 0.918. The summed E-state index contributed by atoms with van der Waals surface area (Å²) in [5.74, 6) is 5.90. The number of aliphatic hydroxyl groups is 1. The predicted octanol–water partition coefficient (Wildman–Crippen LogP) is 1.03. The molecule has 0 radical (unpaired) electrons. The van der Waals surface area contributed by atoms with E-state index in [1.807, 2.05) is 10.8 Å². The molecule has 3 heteroatoms. The Kier molecular flexibility index (Phi) is 4.07. The van der Waals surface area contributed by atoms with Crippen LogP contribution in [0.4, 0.5) is 0 Å². The van der Waals surface area contributed by atoms with Crippen LogP contribution in [0.5, 0.6) is 0 Å². The molecule has 0 atom stereocenters. The zero-order valence-corrected chi connectivity index (χ0v) is 7.82. The largest absolute Gasteiger partial charge is 0.396 e. The van der Waals surface area contributed by atoms with E-state index in [-0.39, 0.29) is 6.61 Å². The lowest BCUT2D eigenvalue weighted by Crippen LogP contribution is -1.86. The highest BCUT2D eigenvalue weighted by Gasteiger charge is 1.90. The standard InChI is InChI=1S/C10H14N2O/c1-2-12-8-10(11-9-12)6-4-3-5-7-13/h8-9,13H,2-3,5,7H2,1H3. The molecule has 0 aliphatic carbocycles. The lowest BCUT2D eigenvalue weighted by Gasteiger charge is -1.88. The summed E-state index contributed by atoms with van der Waals surface area (Å²) in [7, 11) is 0. The SMILES string of the molecule is CCn1cnc(C#CCCCO)c1. The Morgan fingerprint density at radius 1 is 1.62 bits per heavy atom. The molecule has 0 bridgehead atoms. The topological polar surface area (TPSA) is 38.0 Å². The Labute approximate surface area is 78.4 Å². The summed E-state index contributed by atoms with van der Waals surface area (Å²) in [6.07, 6.45) is 5.17. The molecule has 1 aromatic rings. The van der Waals surface area contributed by atoms with Gasteiger partial charge < -0.3 is 9.67 Å². The van der Waals surface area contributed by atoms with Crippen molar-refractivity contribution in [3.63, 3.8) is 0 Å². The highest BCUT2D eigenvalue weighted by Crippen LogP contribution is 1.93. The molecule has 0 saturated carbocycles. The molecule has 1 rings (SSSR count). The summed E-state index contributed by atoms with van der Waals surface area (Å²) in [6.45, 7) is 3.19. The van der Waals surface area contributed by atoms with Crippen molar-refractivity contribution in [2.45, 2.75) is 26.3 Å². The molecule has 0 aliphatic heterocycles. The van der Waals surface area contributed by atoms with Gasteiger partial charge in [0.05, 0.1) is 6.33 Å². The average Bonchev–Trinajstić information content (AvgIpc) is 2.60. The van der Waals surface area contributed by atoms with Gasteiger partial charge in [-0.1, -0.05) is 5.92 Å². The lowest BCUT2D eigenvalue weighted by molar-refractivity contribution is 0.290. The first-order chi connectivity index (χ1) is 6.36. The molecule has 13 heavy (non-hydrogen) atoms. The molecular weight excluding hydrogens is 164 g/mol. The minimum absolute atomic E-state index is 0.206. The summed E-state index contributed by atoms with van der Waals surface area (Å²) < 4.78 is 1.98. The van der Waals surface area contributed by atoms with Crippen molar-refractivity contribution in [1.82, 2.24) is 9.55 Å². The van der Waals surface area contributed by atoms with Crippen molar-refractivity contribution in [2.75, 3.05) is 6.61 Å². The first-order valence-electron chi connectivity index (χ1n) is 4.48. The van der Waals surface area contributed by atoms with E-state index in [1.165, 1.54) is 0 Å². The maximum Gasteiger partial charge on any atom is 0.131 e. The maximum absolute atomic E-state index is 8.52. The second-order valence-electron chi connectivity index (χ2n) is 2.72. The maximum atomic E-state index is 8.52. The molecule has 0 amide bonds. The molecule has 3 nitrogen and oxygen atoms in total. The number of aliphatic hydroxyl groups excluding tert-OH is 1. The van der Waals surface area contributed by atoms with E-state index in [4.69, 9.17) is 5.11 Å². The van der Waals surface area contributed by atoms with Crippen molar-refractivity contribution >= 4 is 0 Å². The van der Waals surface area contributed by atoms with E-state index in [9.17, 15) is 0 Å². The molecule has 1 heterocycles. The van der Waals surface area contributed by atoms with E-state index >= 15 is 0 Å². The smallest absolute Gasteiger partial charge is 0.131 e. The third-order valence-electron chi connectivity index (χ3n) is 1.67. The van der Waals surface area contributed by atoms with Crippen molar-refractivity contribution < 1.29 is 5.11 Å². The zero-order chi connectivity index (χ0) is 9.52. The van der Waals surface area contributed by atoms with Crippen molar-refractivity contribution in [2.24, 2.45) is 0 Å². The van der Waals surface area contributed by atoms with Gasteiger partial charge in [-0.2, -0.15) is 0 Å². The van der Waals surface area contributed by atoms with Crippen LogP contribution < -0.4 is 0 Å². The number of unbranched alkanes of at least 4 members (excludes halogenated alkanes) is 1. The summed E-state index contributed by atoms with van der Waals surface area (Å²) in [5, 5.41) is 8.52. The molecular formula is C10H14N2O. The van der Waals surface area contributed by atoms with E-state index in [0.29, 0.717) is 0 Å². The van der Waals surface area contributed by atoms with Crippen molar-refractivity contribution in [3.05, 3.63) is 18.2 Å². The fourth-order valence-electron chi connectivity index (χ4n) is 0.918. The number of aromatic nitrogens is 2. The van der Waals surface area contributed by atoms with Gasteiger partial charge in [0, 0.05) is 25.8 Å². The Morgan fingerprint density at radius 2 is 2.46 bits per heavy atom. The molecule has 0 spiro atoms. The van der Waals surface area contributed by atoms with Crippen LogP contribution in [0.25, 0.3) is 0 Å². The molecule has 1 N–H and O–H groups in total. The van der Waals surface area contributed by atoms with Crippen LogP contribution in [0.3, 0.4) is 0 Å². The number of hydrogen-bond acceptors (Lipinski definition) is 2. The normalized spacial score (nSPS) is 9.38. The Morgan fingerprint density at radius 3 is 3.08 bits per heavy atom. The first-order valence-corrected chi connectivity index (χ1v) is 4.48. The van der Waals surface area contributed by atoms with Gasteiger partial charge in [-0.3, -0.25) is 0 Å². The minimum atomic E-state index is 0.206. The van der Waals surface area contributed by atoms with Crippen LogP contribution in [-0.2, 0) is 6.54 Å². The second kappa shape index (κ2) is 5.39. The van der Waals surface area contributed by atoms with E-state index < -0.39 is 0 Å². The second-order valence-corrected chi connectivity index (χ2v) is 2.72. The van der Waals surface area contributed by atoms with Gasteiger partial charge in [-0.25, -0.2) is 4.98 Å². The fraction of sp³-hybridized carbons (Fsp3) is 0.500. The van der Waals surface area contributed by atoms with Gasteiger partial charge in [0.15, 0.2) is 0 Å². The third-order valence-corrected chi connectivity index (χ3v) is 1.67. The molecule has 0 aromatic carbocycles. The van der Waals surface area contributed by atoms with Crippen molar-refractivity contribution in [3.8, 4) is 11.8 Å². The van der Waals surface area contributed by atoms with Crippen LogP contribution in [0, 0.1) is 11.8 Å². The molecule has 1 aromatic heterocycles. The van der Waals surface area contributed by atoms with Crippen LogP contribution in [0.1, 0.15) is 25.5 Å². The molecule has 0 fully saturated rings. The average molecular weight is 178 g/mol. The number of rotatable bonds is 3. The minimum Gasteiger partial charge on any atom is -0.396 e. The van der Waals surface area contributed by atoms with Gasteiger partial charge in [0.2, 0.25) is 0 Å². The number of hydrogen-bond donors (Lipinski definition) is 1. The summed E-state index contributed by atoms with van der Waals surface area (Å²) in [6, 6.07) is 0. The van der Waals surface area contributed by atoms with Crippen LogP contribution in [0.2, 0.25) is 0 Å². The van der Waals surface area contributed by atoms with Gasteiger partial charge in [-0.15, -0.1) is 0 Å². The van der Waals surface area contributed by atoms with Crippen LogP contribution >= 0.6 is 0 Å². The van der Waals surface area contributed by atoms with Gasteiger partial charge in [0.1, 0.15) is 5.69 Å². The molecule has 70 valence electrons. The summed E-state index contributed by atoms with van der Waals surface area (Å²) >= 11 is 0. The van der Waals surface area contributed by atoms with Gasteiger partial charge in [-0.05, 0) is 19.3 Å².